The van der Waals surface area contributed by atoms with E-state index in [1.165, 1.54) is 0 Å². The second-order valence-electron chi connectivity index (χ2n) is 2.97. The van der Waals surface area contributed by atoms with Gasteiger partial charge in [0.2, 0.25) is 0 Å². The van der Waals surface area contributed by atoms with E-state index in [1.807, 2.05) is 0 Å². The second-order valence-corrected chi connectivity index (χ2v) is 2.97. The number of cyclic esters (lactones) is 1. The number of nitrogens with one attached hydrogen (secondary N) is 1. The highest BCUT2D eigenvalue weighted by molar-refractivity contribution is 5.67. The molecule has 1 unspecified atom stereocenters. The van der Waals surface area contributed by atoms with Crippen LogP contribution in [0.4, 0.5) is 4.79 Å². The predicted octanol–water partition coefficient (Wildman–Crippen LogP) is -0.366. The highest BCUT2D eigenvalue weighted by atomic mass is 16.6. The number of carbonyl (C=O) groups excluding carboxylic acids is 1. The molecule has 2 heterocycles. The zero-order valence-corrected chi connectivity index (χ0v) is 7.01. The number of rotatable bonds is 2. The average molecular weight is 182 g/mol. The van der Waals surface area contributed by atoms with Gasteiger partial charge in [-0.2, -0.15) is 0 Å². The van der Waals surface area contributed by atoms with Crippen LogP contribution in [-0.4, -0.2) is 34.2 Å². The highest BCUT2D eigenvalue weighted by Crippen LogP contribution is 2.04. The molecule has 0 aromatic carbocycles. The van der Waals surface area contributed by atoms with Gasteiger partial charge in [-0.1, -0.05) is 5.21 Å². The Balaban J connectivity index is 1.86. The van der Waals surface area contributed by atoms with Crippen molar-refractivity contribution in [3.8, 4) is 0 Å². The lowest BCUT2D eigenvalue weighted by atomic mass is 10.1. The Morgan fingerprint density at radius 2 is 2.69 bits per heavy atom. The molecular weight excluding hydrogens is 172 g/mol. The van der Waals surface area contributed by atoms with E-state index in [-0.39, 0.29) is 12.0 Å². The van der Waals surface area contributed by atoms with Crippen LogP contribution in [0.15, 0.2) is 12.4 Å². The third kappa shape index (κ3) is 1.95. The third-order valence-electron chi connectivity index (χ3n) is 1.90. The van der Waals surface area contributed by atoms with Crippen LogP contribution in [0.3, 0.4) is 0 Å². The maximum absolute atomic E-state index is 10.6. The van der Waals surface area contributed by atoms with Crippen molar-refractivity contribution < 1.29 is 9.53 Å². The van der Waals surface area contributed by atoms with Crippen molar-refractivity contribution in [2.24, 2.45) is 5.92 Å². The van der Waals surface area contributed by atoms with E-state index in [2.05, 4.69) is 15.6 Å². The molecular formula is C7H10N4O2. The molecule has 1 N–H and O–H groups in total. The summed E-state index contributed by atoms with van der Waals surface area (Å²) in [5.74, 6) is 0.277. The minimum Gasteiger partial charge on any atom is -0.449 e. The van der Waals surface area contributed by atoms with Gasteiger partial charge in [0.25, 0.3) is 0 Å². The summed E-state index contributed by atoms with van der Waals surface area (Å²) in [5.41, 5.74) is 0. The average Bonchev–Trinajstić information content (AvgIpc) is 2.62. The van der Waals surface area contributed by atoms with Gasteiger partial charge in [-0.3, -0.25) is 4.68 Å². The monoisotopic (exact) mass is 182 g/mol. The van der Waals surface area contributed by atoms with E-state index < -0.39 is 0 Å². The molecule has 13 heavy (non-hydrogen) atoms. The van der Waals surface area contributed by atoms with Crippen LogP contribution < -0.4 is 5.32 Å². The van der Waals surface area contributed by atoms with Gasteiger partial charge in [-0.05, 0) is 0 Å². The summed E-state index contributed by atoms with van der Waals surface area (Å²) >= 11 is 0. The van der Waals surface area contributed by atoms with Crippen LogP contribution in [0.25, 0.3) is 0 Å². The first-order valence-corrected chi connectivity index (χ1v) is 4.09. The van der Waals surface area contributed by atoms with Crippen LogP contribution in [0.2, 0.25) is 0 Å². The molecule has 70 valence electrons. The maximum Gasteiger partial charge on any atom is 0.407 e. The molecule has 0 radical (unpaired) electrons. The maximum atomic E-state index is 10.6. The van der Waals surface area contributed by atoms with E-state index in [4.69, 9.17) is 4.74 Å². The summed E-state index contributed by atoms with van der Waals surface area (Å²) in [6, 6.07) is 0. The van der Waals surface area contributed by atoms with Crippen LogP contribution in [0.1, 0.15) is 0 Å². The fraction of sp³-hybridized carbons (Fsp3) is 0.571. The van der Waals surface area contributed by atoms with Crippen LogP contribution in [0.5, 0.6) is 0 Å². The number of amides is 1. The lowest BCUT2D eigenvalue weighted by molar-refractivity contribution is 0.0959. The van der Waals surface area contributed by atoms with Gasteiger partial charge in [0, 0.05) is 18.7 Å². The van der Waals surface area contributed by atoms with Gasteiger partial charge in [-0.15, -0.1) is 5.10 Å². The Kier molecular flexibility index (Phi) is 2.11. The van der Waals surface area contributed by atoms with E-state index in [0.29, 0.717) is 13.2 Å². The summed E-state index contributed by atoms with van der Waals surface area (Å²) in [4.78, 5) is 10.6. The normalized spacial score (nSPS) is 22.2. The molecule has 1 amide bonds. The molecule has 1 atom stereocenters. The van der Waals surface area contributed by atoms with Gasteiger partial charge >= 0.3 is 6.09 Å². The summed E-state index contributed by atoms with van der Waals surface area (Å²) < 4.78 is 6.56. The zero-order valence-electron chi connectivity index (χ0n) is 7.01. The standard InChI is InChI=1S/C7H10N4O2/c12-7-8-3-6(5-13-7)4-11-2-1-9-10-11/h1-2,6H,3-5H2,(H,8,12). The van der Waals surface area contributed by atoms with Crippen molar-refractivity contribution in [3.63, 3.8) is 0 Å². The molecule has 1 aromatic heterocycles. The fourth-order valence-corrected chi connectivity index (χ4v) is 1.24. The Hall–Kier alpha value is -1.59. The minimum absolute atomic E-state index is 0.277. The molecule has 6 nitrogen and oxygen atoms in total. The van der Waals surface area contributed by atoms with Crippen LogP contribution in [-0.2, 0) is 11.3 Å². The quantitative estimate of drug-likeness (QED) is 0.677. The number of alkyl carbamates (subject to hydrolysis) is 1. The molecule has 1 aromatic rings. The lowest BCUT2D eigenvalue weighted by Gasteiger charge is -2.22. The van der Waals surface area contributed by atoms with Crippen molar-refractivity contribution in [1.82, 2.24) is 20.3 Å². The number of hydrogen-bond acceptors (Lipinski definition) is 4. The summed E-state index contributed by atoms with van der Waals surface area (Å²) in [7, 11) is 0. The molecule has 6 heteroatoms. The Bertz CT molecular complexity index is 275. The molecule has 0 aliphatic carbocycles. The first-order valence-electron chi connectivity index (χ1n) is 4.09. The van der Waals surface area contributed by atoms with Crippen LogP contribution >= 0.6 is 0 Å². The van der Waals surface area contributed by atoms with Gasteiger partial charge in [0.15, 0.2) is 0 Å². The molecule has 0 bridgehead atoms. The van der Waals surface area contributed by atoms with E-state index in [1.54, 1.807) is 17.1 Å². The largest absolute Gasteiger partial charge is 0.449 e. The fourth-order valence-electron chi connectivity index (χ4n) is 1.24. The summed E-state index contributed by atoms with van der Waals surface area (Å²) in [6.07, 6.45) is 3.08. The molecule has 1 fully saturated rings. The number of carbonyl (C=O) groups is 1. The Morgan fingerprint density at radius 1 is 1.77 bits per heavy atom. The lowest BCUT2D eigenvalue weighted by Crippen LogP contribution is -2.40. The van der Waals surface area contributed by atoms with Crippen molar-refractivity contribution in [1.29, 1.82) is 0 Å². The van der Waals surface area contributed by atoms with Crippen molar-refractivity contribution in [2.75, 3.05) is 13.2 Å². The molecule has 1 aliphatic heterocycles. The molecule has 0 spiro atoms. The topological polar surface area (TPSA) is 69.0 Å². The van der Waals surface area contributed by atoms with Crippen molar-refractivity contribution in [3.05, 3.63) is 12.4 Å². The van der Waals surface area contributed by atoms with Crippen molar-refractivity contribution in [2.45, 2.75) is 6.54 Å². The first kappa shape index (κ1) is 8.03. The molecule has 1 saturated heterocycles. The number of nitrogens with zero attached hydrogens (tertiary/aromatic N) is 3. The molecule has 2 rings (SSSR count). The SMILES string of the molecule is O=C1NCC(Cn2ccnn2)CO1. The van der Waals surface area contributed by atoms with Gasteiger partial charge in [0.05, 0.1) is 19.3 Å². The third-order valence-corrected chi connectivity index (χ3v) is 1.90. The van der Waals surface area contributed by atoms with E-state index in [0.717, 1.165) is 6.54 Å². The van der Waals surface area contributed by atoms with Gasteiger partial charge in [0.1, 0.15) is 0 Å². The van der Waals surface area contributed by atoms with Crippen LogP contribution in [0, 0.1) is 5.92 Å². The second kappa shape index (κ2) is 3.42. The predicted molar refractivity (Wildman–Crippen MR) is 42.9 cm³/mol. The zero-order chi connectivity index (χ0) is 9.10. The van der Waals surface area contributed by atoms with Gasteiger partial charge < -0.3 is 10.1 Å². The van der Waals surface area contributed by atoms with E-state index in [9.17, 15) is 4.79 Å². The summed E-state index contributed by atoms with van der Waals surface area (Å²) in [6.45, 7) is 1.81. The highest BCUT2D eigenvalue weighted by Gasteiger charge is 2.19. The first-order chi connectivity index (χ1) is 6.34. The Labute approximate surface area is 74.9 Å². The van der Waals surface area contributed by atoms with Crippen molar-refractivity contribution >= 4 is 6.09 Å². The number of ether oxygens (including phenoxy) is 1. The van der Waals surface area contributed by atoms with E-state index >= 15 is 0 Å². The smallest absolute Gasteiger partial charge is 0.407 e. The van der Waals surface area contributed by atoms with Gasteiger partial charge in [-0.25, -0.2) is 4.79 Å². The Morgan fingerprint density at radius 3 is 3.31 bits per heavy atom. The summed E-state index contributed by atoms with van der Waals surface area (Å²) in [5, 5.41) is 10.1. The number of aromatic nitrogens is 3. The molecule has 0 saturated carbocycles. The minimum atomic E-state index is -0.338. The number of hydrogen-bond donors (Lipinski definition) is 1. The molecule has 1 aliphatic rings.